The Morgan fingerprint density at radius 1 is 1.11 bits per heavy atom. The van der Waals surface area contributed by atoms with Crippen molar-refractivity contribution >= 4 is 11.0 Å². The predicted molar refractivity (Wildman–Crippen MR) is 116 cm³/mol. The maximum Gasteiger partial charge on any atom is 0.123 e. The van der Waals surface area contributed by atoms with Gasteiger partial charge in [0, 0.05) is 12.6 Å². The number of hydrogen-bond donors (Lipinski definition) is 1. The maximum absolute atomic E-state index is 5.05. The second kappa shape index (κ2) is 7.16. The van der Waals surface area contributed by atoms with E-state index < -0.39 is 0 Å². The highest BCUT2D eigenvalue weighted by Crippen LogP contribution is 2.61. The number of hydrogen-bond acceptors (Lipinski definition) is 2. The van der Waals surface area contributed by atoms with E-state index in [9.17, 15) is 0 Å². The summed E-state index contributed by atoms with van der Waals surface area (Å²) in [5, 5.41) is 3.94. The van der Waals surface area contributed by atoms with E-state index in [1.807, 2.05) is 0 Å². The van der Waals surface area contributed by atoms with E-state index in [1.54, 1.807) is 0 Å². The molecule has 1 aromatic heterocycles. The number of benzene rings is 1. The van der Waals surface area contributed by atoms with Crippen LogP contribution < -0.4 is 5.32 Å². The summed E-state index contributed by atoms with van der Waals surface area (Å²) in [5.74, 6) is 4.65. The number of fused-ring (bicyclic) bond motifs is 3. The van der Waals surface area contributed by atoms with Crippen LogP contribution in [-0.2, 0) is 13.1 Å². The standard InChI is InChI=1S/C25H37N3/c1-17-20-13-19(25(20,2)3)14-22(17)26-15-24-27-21-11-7-8-12-23(21)28(24)16-18-9-5-4-6-10-18/h7-8,11-12,17-20,22,26H,4-6,9-10,13-16H2,1-3H3/t17-,19+,20-,22?/m1/s1. The topological polar surface area (TPSA) is 29.9 Å². The molecule has 1 aromatic carbocycles. The first-order valence-corrected chi connectivity index (χ1v) is 11.7. The first-order chi connectivity index (χ1) is 13.5. The molecule has 152 valence electrons. The van der Waals surface area contributed by atoms with Gasteiger partial charge in [0.05, 0.1) is 17.6 Å². The highest BCUT2D eigenvalue weighted by Gasteiger charge is 2.56. The molecule has 0 amide bonds. The van der Waals surface area contributed by atoms with Gasteiger partial charge in [-0.25, -0.2) is 4.98 Å². The molecule has 4 aliphatic rings. The van der Waals surface area contributed by atoms with Gasteiger partial charge >= 0.3 is 0 Å². The fourth-order valence-electron chi connectivity index (χ4n) is 6.73. The van der Waals surface area contributed by atoms with Crippen LogP contribution >= 0.6 is 0 Å². The third-order valence-electron chi connectivity index (χ3n) is 8.78. The maximum atomic E-state index is 5.05. The molecule has 1 unspecified atom stereocenters. The Labute approximate surface area is 170 Å². The van der Waals surface area contributed by atoms with Gasteiger partial charge in [-0.1, -0.05) is 52.2 Å². The lowest BCUT2D eigenvalue weighted by molar-refractivity contribution is -0.115. The molecular weight excluding hydrogens is 342 g/mol. The zero-order chi connectivity index (χ0) is 19.3. The van der Waals surface area contributed by atoms with Crippen LogP contribution in [0.15, 0.2) is 24.3 Å². The van der Waals surface area contributed by atoms with Crippen LogP contribution in [0.5, 0.6) is 0 Å². The van der Waals surface area contributed by atoms with Crippen LogP contribution in [0.3, 0.4) is 0 Å². The van der Waals surface area contributed by atoms with Crippen molar-refractivity contribution in [2.24, 2.45) is 29.1 Å². The SMILES string of the molecule is C[C@H]1C(NCc2nc3ccccc3n2CC2CCCCC2)C[C@@H]2C[C@H]1C2(C)C. The van der Waals surface area contributed by atoms with Gasteiger partial charge in [-0.3, -0.25) is 0 Å². The lowest BCUT2D eigenvalue weighted by Gasteiger charge is -2.62. The Morgan fingerprint density at radius 2 is 1.89 bits per heavy atom. The number of imidazole rings is 1. The van der Waals surface area contributed by atoms with Gasteiger partial charge in [0.15, 0.2) is 0 Å². The fraction of sp³-hybridized carbons (Fsp3) is 0.720. The summed E-state index contributed by atoms with van der Waals surface area (Å²) in [7, 11) is 0. The van der Waals surface area contributed by atoms with Crippen LogP contribution in [0.2, 0.25) is 0 Å². The summed E-state index contributed by atoms with van der Waals surface area (Å²) >= 11 is 0. The third-order valence-corrected chi connectivity index (χ3v) is 8.78. The molecule has 0 aliphatic heterocycles. The minimum Gasteiger partial charge on any atom is -0.327 e. The molecule has 6 rings (SSSR count). The van der Waals surface area contributed by atoms with Crippen LogP contribution in [0, 0.1) is 29.1 Å². The van der Waals surface area contributed by atoms with Crippen LogP contribution in [-0.4, -0.2) is 15.6 Å². The quantitative estimate of drug-likeness (QED) is 0.714. The van der Waals surface area contributed by atoms with E-state index in [0.29, 0.717) is 11.5 Å². The van der Waals surface area contributed by atoms with Crippen LogP contribution in [0.1, 0.15) is 71.5 Å². The van der Waals surface area contributed by atoms with Crippen molar-refractivity contribution in [2.75, 3.05) is 0 Å². The van der Waals surface area contributed by atoms with Gasteiger partial charge in [-0.15, -0.1) is 0 Å². The Hall–Kier alpha value is -1.35. The normalized spacial score (nSPS) is 32.4. The summed E-state index contributed by atoms with van der Waals surface area (Å²) in [4.78, 5) is 5.05. The summed E-state index contributed by atoms with van der Waals surface area (Å²) in [6.07, 6.45) is 9.80. The highest BCUT2D eigenvalue weighted by molar-refractivity contribution is 5.75. The Balaban J connectivity index is 1.33. The summed E-state index contributed by atoms with van der Waals surface area (Å²) < 4.78 is 2.54. The van der Waals surface area contributed by atoms with Crippen molar-refractivity contribution < 1.29 is 0 Å². The molecule has 2 bridgehead atoms. The molecule has 0 spiro atoms. The monoisotopic (exact) mass is 379 g/mol. The highest BCUT2D eigenvalue weighted by atomic mass is 15.1. The van der Waals surface area contributed by atoms with Crippen molar-refractivity contribution in [1.29, 1.82) is 0 Å². The minimum absolute atomic E-state index is 0.561. The molecule has 28 heavy (non-hydrogen) atoms. The molecule has 2 aromatic rings. The minimum atomic E-state index is 0.561. The molecule has 1 heterocycles. The number of nitrogens with zero attached hydrogens (tertiary/aromatic N) is 2. The molecular formula is C25H37N3. The first kappa shape index (κ1) is 18.7. The fourth-order valence-corrected chi connectivity index (χ4v) is 6.73. The van der Waals surface area contributed by atoms with E-state index in [-0.39, 0.29) is 0 Å². The van der Waals surface area contributed by atoms with Crippen molar-refractivity contribution in [3.63, 3.8) is 0 Å². The van der Waals surface area contributed by atoms with Crippen LogP contribution in [0.25, 0.3) is 11.0 Å². The molecule has 4 atom stereocenters. The second-order valence-electron chi connectivity index (χ2n) is 10.6. The third kappa shape index (κ3) is 3.10. The molecule has 4 aliphatic carbocycles. The Kier molecular flexibility index (Phi) is 4.77. The lowest BCUT2D eigenvalue weighted by atomic mass is 9.45. The molecule has 3 heteroatoms. The van der Waals surface area contributed by atoms with Gasteiger partial charge in [0.25, 0.3) is 0 Å². The number of rotatable bonds is 5. The summed E-state index contributed by atoms with van der Waals surface area (Å²) in [5.41, 5.74) is 3.05. The molecule has 3 nitrogen and oxygen atoms in total. The number of aromatic nitrogens is 2. The number of nitrogens with one attached hydrogen (secondary N) is 1. The van der Waals surface area contributed by atoms with Gasteiger partial charge in [-0.05, 0) is 66.9 Å². The van der Waals surface area contributed by atoms with Gasteiger partial charge < -0.3 is 9.88 Å². The van der Waals surface area contributed by atoms with E-state index in [1.165, 1.54) is 56.3 Å². The summed E-state index contributed by atoms with van der Waals surface area (Å²) in [6.45, 7) is 9.51. The second-order valence-corrected chi connectivity index (χ2v) is 10.6. The van der Waals surface area contributed by atoms with Crippen molar-refractivity contribution in [3.8, 4) is 0 Å². The van der Waals surface area contributed by atoms with Crippen molar-refractivity contribution in [1.82, 2.24) is 14.9 Å². The van der Waals surface area contributed by atoms with Gasteiger partial charge in [0.2, 0.25) is 0 Å². The zero-order valence-corrected chi connectivity index (χ0v) is 18.0. The zero-order valence-electron chi connectivity index (χ0n) is 18.0. The van der Waals surface area contributed by atoms with E-state index in [2.05, 4.69) is 54.9 Å². The molecule has 1 N–H and O–H groups in total. The largest absolute Gasteiger partial charge is 0.327 e. The number of para-hydroxylation sites is 2. The molecule has 4 fully saturated rings. The lowest BCUT2D eigenvalue weighted by Crippen LogP contribution is -2.59. The smallest absolute Gasteiger partial charge is 0.123 e. The Morgan fingerprint density at radius 3 is 2.64 bits per heavy atom. The van der Waals surface area contributed by atoms with Crippen molar-refractivity contribution in [2.45, 2.75) is 84.8 Å². The van der Waals surface area contributed by atoms with E-state index in [4.69, 9.17) is 4.98 Å². The average Bonchev–Trinajstić information content (AvgIpc) is 3.05. The van der Waals surface area contributed by atoms with Crippen molar-refractivity contribution in [3.05, 3.63) is 30.1 Å². The van der Waals surface area contributed by atoms with Crippen LogP contribution in [0.4, 0.5) is 0 Å². The molecule has 0 radical (unpaired) electrons. The van der Waals surface area contributed by atoms with E-state index in [0.717, 1.165) is 42.3 Å². The average molecular weight is 380 g/mol. The van der Waals surface area contributed by atoms with Gasteiger partial charge in [0.1, 0.15) is 5.82 Å². The van der Waals surface area contributed by atoms with E-state index >= 15 is 0 Å². The first-order valence-electron chi connectivity index (χ1n) is 11.7. The Bertz CT molecular complexity index is 829. The molecule has 4 saturated carbocycles. The predicted octanol–water partition coefficient (Wildman–Crippen LogP) is 5.78. The molecule has 0 saturated heterocycles. The summed E-state index contributed by atoms with van der Waals surface area (Å²) in [6, 6.07) is 9.38. The van der Waals surface area contributed by atoms with Gasteiger partial charge in [-0.2, -0.15) is 0 Å².